The van der Waals surface area contributed by atoms with Gasteiger partial charge in [0, 0.05) is 0 Å². The molecule has 2 rings (SSSR count). The van der Waals surface area contributed by atoms with E-state index < -0.39 is 69.2 Å². The summed E-state index contributed by atoms with van der Waals surface area (Å²) in [4.78, 5) is 68.8. The Morgan fingerprint density at radius 1 is 0.533 bits per heavy atom. The number of carbonyl (C=O) groups is 6. The van der Waals surface area contributed by atoms with Crippen LogP contribution in [0.5, 0.6) is 0 Å². The highest BCUT2D eigenvalue weighted by atomic mass is 35.5. The van der Waals surface area contributed by atoms with E-state index in [1.165, 1.54) is 0 Å². The number of hydrogen-bond donors (Lipinski definition) is 4. The van der Waals surface area contributed by atoms with Crippen molar-refractivity contribution < 1.29 is 53.9 Å². The molecule has 2 aromatic carbocycles. The average molecular weight is 439 g/mol. The molecule has 0 atom stereocenters. The molecule has 0 radical (unpaired) electrons. The van der Waals surface area contributed by atoms with Gasteiger partial charge < -0.3 is 25.2 Å². The van der Waals surface area contributed by atoms with Gasteiger partial charge in [-0.05, 0) is 36.4 Å². The second kappa shape index (κ2) is 9.30. The Morgan fingerprint density at radius 2 is 0.867 bits per heavy atom. The Labute approximate surface area is 172 Å². The van der Waals surface area contributed by atoms with E-state index in [1.807, 2.05) is 0 Å². The first-order chi connectivity index (χ1) is 13.5. The van der Waals surface area contributed by atoms with Gasteiger partial charge in [-0.25, -0.2) is 28.8 Å². The Bertz CT molecular complexity index is 1000. The minimum atomic E-state index is -1.66. The molecule has 11 nitrogen and oxygen atoms in total. The number of carboxylic acids is 4. The Hall–Kier alpha value is -4.25. The van der Waals surface area contributed by atoms with Crippen molar-refractivity contribution in [2.24, 2.45) is 0 Å². The number of aromatic carboxylic acids is 4. The first-order valence-corrected chi connectivity index (χ1v) is 7.50. The summed E-state index contributed by atoms with van der Waals surface area (Å²) in [5.74, 6) is -9.17. The number of hydrogen-bond acceptors (Lipinski definition) is 7. The van der Waals surface area contributed by atoms with Gasteiger partial charge in [0.1, 0.15) is 0 Å². The summed E-state index contributed by atoms with van der Waals surface area (Å²) in [6.07, 6.45) is 0. The van der Waals surface area contributed by atoms with Crippen molar-refractivity contribution in [3.63, 3.8) is 0 Å². The second-order valence-electron chi connectivity index (χ2n) is 5.42. The van der Waals surface area contributed by atoms with E-state index in [0.717, 1.165) is 24.3 Å². The maximum Gasteiger partial charge on any atom is 0.346 e. The molecule has 0 saturated carbocycles. The minimum Gasteiger partial charge on any atom is -0.478 e. The van der Waals surface area contributed by atoms with E-state index in [4.69, 9.17) is 20.4 Å². The molecular formula is C18H11ClO11. The smallest absolute Gasteiger partial charge is 0.346 e. The lowest BCUT2D eigenvalue weighted by Crippen LogP contribution is -2.19. The van der Waals surface area contributed by atoms with E-state index in [9.17, 15) is 28.8 Å². The van der Waals surface area contributed by atoms with Crippen LogP contribution in [0.2, 0.25) is 0 Å². The molecule has 0 heterocycles. The van der Waals surface area contributed by atoms with E-state index >= 15 is 0 Å². The topological polar surface area (TPSA) is 193 Å². The zero-order valence-corrected chi connectivity index (χ0v) is 15.3. The van der Waals surface area contributed by atoms with Crippen LogP contribution in [0.4, 0.5) is 0 Å². The first kappa shape index (κ1) is 23.8. The summed E-state index contributed by atoms with van der Waals surface area (Å²) in [5.41, 5.74) is -3.64. The Morgan fingerprint density at radius 3 is 1.13 bits per heavy atom. The van der Waals surface area contributed by atoms with Gasteiger partial charge in [0.05, 0.1) is 33.4 Å². The predicted molar refractivity (Wildman–Crippen MR) is 97.7 cm³/mol. The molecule has 0 fully saturated rings. The molecule has 0 aliphatic rings. The van der Waals surface area contributed by atoms with Gasteiger partial charge in [-0.15, -0.1) is 12.4 Å². The molecule has 0 amide bonds. The SMILES string of the molecule is Cl.O=C(O)c1ccc(C(=O)OC(=O)c2ccc(C(=O)O)cc2C(=O)O)c(C(=O)O)c1. The van der Waals surface area contributed by atoms with Crippen molar-refractivity contribution in [1.82, 2.24) is 0 Å². The normalized spacial score (nSPS) is 9.73. The van der Waals surface area contributed by atoms with Gasteiger partial charge >= 0.3 is 35.8 Å². The van der Waals surface area contributed by atoms with Crippen LogP contribution in [-0.4, -0.2) is 56.2 Å². The quantitative estimate of drug-likeness (QED) is 0.380. The van der Waals surface area contributed by atoms with Crippen molar-refractivity contribution in [3.8, 4) is 0 Å². The number of ether oxygens (including phenoxy) is 1. The van der Waals surface area contributed by atoms with E-state index in [2.05, 4.69) is 4.74 Å². The van der Waals surface area contributed by atoms with Gasteiger partial charge in [-0.1, -0.05) is 0 Å². The van der Waals surface area contributed by atoms with Gasteiger partial charge in [0.15, 0.2) is 0 Å². The molecule has 0 bridgehead atoms. The van der Waals surface area contributed by atoms with Crippen LogP contribution in [-0.2, 0) is 4.74 Å². The molecule has 0 saturated heterocycles. The zero-order valence-electron chi connectivity index (χ0n) is 14.5. The van der Waals surface area contributed by atoms with E-state index in [0.29, 0.717) is 12.1 Å². The third kappa shape index (κ3) is 4.97. The summed E-state index contributed by atoms with van der Waals surface area (Å²) in [6, 6.07) is 4.87. The van der Waals surface area contributed by atoms with Crippen molar-refractivity contribution in [1.29, 1.82) is 0 Å². The molecular weight excluding hydrogens is 428 g/mol. The fourth-order valence-electron chi connectivity index (χ4n) is 2.26. The van der Waals surface area contributed by atoms with E-state index in [1.54, 1.807) is 0 Å². The molecule has 0 aliphatic heterocycles. The Kier molecular flexibility index (Phi) is 7.37. The zero-order chi connectivity index (χ0) is 21.9. The van der Waals surface area contributed by atoms with Crippen molar-refractivity contribution in [3.05, 3.63) is 69.8 Å². The standard InChI is InChI=1S/C18H10O11.ClH/c19-13(20)7-1-3-9(11(5-7)15(23)24)17(27)29-18(28)10-4-2-8(14(21)22)6-12(10)16(25)26;/h1-6H,(H,19,20)(H,21,22)(H,23,24)(H,25,26);1H. The molecule has 4 N–H and O–H groups in total. The maximum absolute atomic E-state index is 12.2. The maximum atomic E-state index is 12.2. The molecule has 156 valence electrons. The highest BCUT2D eigenvalue weighted by Gasteiger charge is 2.26. The fourth-order valence-corrected chi connectivity index (χ4v) is 2.26. The molecule has 12 heteroatoms. The van der Waals surface area contributed by atoms with Crippen LogP contribution in [0, 0.1) is 0 Å². The molecule has 0 aliphatic carbocycles. The minimum absolute atomic E-state index is 0. The third-order valence-electron chi connectivity index (χ3n) is 3.62. The summed E-state index contributed by atoms with van der Waals surface area (Å²) in [7, 11) is 0. The van der Waals surface area contributed by atoms with Gasteiger partial charge in [-0.3, -0.25) is 0 Å². The number of halogens is 1. The molecule has 30 heavy (non-hydrogen) atoms. The van der Waals surface area contributed by atoms with Gasteiger partial charge in [0.25, 0.3) is 0 Å². The monoisotopic (exact) mass is 438 g/mol. The summed E-state index contributed by atoms with van der Waals surface area (Å²) in [5, 5.41) is 36.1. The van der Waals surface area contributed by atoms with Crippen LogP contribution in [0.15, 0.2) is 36.4 Å². The highest BCUT2D eigenvalue weighted by molar-refractivity contribution is 6.11. The number of esters is 2. The van der Waals surface area contributed by atoms with E-state index in [-0.39, 0.29) is 12.4 Å². The summed E-state index contributed by atoms with van der Waals surface area (Å²) in [6.45, 7) is 0. The number of carboxylic acid groups (broad SMARTS) is 4. The largest absolute Gasteiger partial charge is 0.478 e. The number of carbonyl (C=O) groups excluding carboxylic acids is 2. The summed E-state index contributed by atoms with van der Waals surface area (Å²) < 4.78 is 4.51. The first-order valence-electron chi connectivity index (χ1n) is 7.50. The molecule has 0 aromatic heterocycles. The molecule has 0 spiro atoms. The second-order valence-corrected chi connectivity index (χ2v) is 5.42. The van der Waals surface area contributed by atoms with Crippen LogP contribution in [0.3, 0.4) is 0 Å². The van der Waals surface area contributed by atoms with Crippen LogP contribution in [0.25, 0.3) is 0 Å². The molecule has 0 unspecified atom stereocenters. The number of rotatable bonds is 6. The predicted octanol–water partition coefficient (Wildman–Crippen LogP) is 1.90. The molecule has 2 aromatic rings. The third-order valence-corrected chi connectivity index (χ3v) is 3.62. The van der Waals surface area contributed by atoms with Crippen LogP contribution in [0.1, 0.15) is 62.1 Å². The van der Waals surface area contributed by atoms with Crippen molar-refractivity contribution in [2.75, 3.05) is 0 Å². The lowest BCUT2D eigenvalue weighted by Gasteiger charge is -2.09. The van der Waals surface area contributed by atoms with Gasteiger partial charge in [0.2, 0.25) is 0 Å². The van der Waals surface area contributed by atoms with Crippen molar-refractivity contribution >= 4 is 48.2 Å². The highest BCUT2D eigenvalue weighted by Crippen LogP contribution is 2.18. The van der Waals surface area contributed by atoms with Crippen molar-refractivity contribution in [2.45, 2.75) is 0 Å². The summed E-state index contributed by atoms with van der Waals surface area (Å²) >= 11 is 0. The fraction of sp³-hybridized carbons (Fsp3) is 0. The van der Waals surface area contributed by atoms with Gasteiger partial charge in [-0.2, -0.15) is 0 Å². The lowest BCUT2D eigenvalue weighted by atomic mass is 10.0. The van der Waals surface area contributed by atoms with Crippen LogP contribution < -0.4 is 0 Å². The van der Waals surface area contributed by atoms with Crippen LogP contribution >= 0.6 is 12.4 Å². The Balaban J connectivity index is 0.00000450. The number of benzene rings is 2. The average Bonchev–Trinajstić information content (AvgIpc) is 2.66. The lowest BCUT2D eigenvalue weighted by molar-refractivity contribution is 0.0385.